The predicted molar refractivity (Wildman–Crippen MR) is 99.0 cm³/mol. The van der Waals surface area contributed by atoms with Gasteiger partial charge in [0.15, 0.2) is 17.2 Å². The molecule has 0 spiro atoms. The van der Waals surface area contributed by atoms with Gasteiger partial charge in [0.1, 0.15) is 11.8 Å². The van der Waals surface area contributed by atoms with Crippen LogP contribution in [-0.4, -0.2) is 34.7 Å². The number of benzene rings is 1. The summed E-state index contributed by atoms with van der Waals surface area (Å²) in [6.45, 7) is 2.03. The summed E-state index contributed by atoms with van der Waals surface area (Å²) in [4.78, 5) is 27.9. The number of carbonyl (C=O) groups is 2. The quantitative estimate of drug-likeness (QED) is 0.707. The molecule has 1 aromatic heterocycles. The summed E-state index contributed by atoms with van der Waals surface area (Å²) in [5, 5.41) is 2.37. The number of hydrogen-bond donors (Lipinski definition) is 2. The third kappa shape index (κ3) is 4.09. The molecule has 1 aliphatic rings. The summed E-state index contributed by atoms with van der Waals surface area (Å²) in [5.41, 5.74) is 2.27. The minimum absolute atomic E-state index is 0.0212. The molecule has 31 heavy (non-hydrogen) atoms. The van der Waals surface area contributed by atoms with Gasteiger partial charge in [-0.3, -0.25) is 14.6 Å². The van der Waals surface area contributed by atoms with Crippen LogP contribution >= 0.6 is 0 Å². The Balaban J connectivity index is 2.00. The summed E-state index contributed by atoms with van der Waals surface area (Å²) in [6, 6.07) is 5.09. The fourth-order valence-corrected chi connectivity index (χ4v) is 3.63. The molecule has 3 rings (SSSR count). The SMILES string of the molecule is C[C@H]1[C@H](c2ccc(F)c(F)c2)[C@H](C(=O)Nc2ccnc(C(N)=O)c2)O[C@]1(C)C(F)(F)F. The molecule has 2 amide bonds. The van der Waals surface area contributed by atoms with E-state index in [9.17, 15) is 31.5 Å². The lowest BCUT2D eigenvalue weighted by atomic mass is 9.77. The molecule has 1 aromatic carbocycles. The highest BCUT2D eigenvalue weighted by Crippen LogP contribution is 2.53. The zero-order valence-corrected chi connectivity index (χ0v) is 16.3. The van der Waals surface area contributed by atoms with Crippen LogP contribution < -0.4 is 11.1 Å². The van der Waals surface area contributed by atoms with Crippen LogP contribution in [0.3, 0.4) is 0 Å². The largest absolute Gasteiger partial charge is 0.417 e. The van der Waals surface area contributed by atoms with Crippen LogP contribution in [0.25, 0.3) is 0 Å². The molecule has 0 radical (unpaired) electrons. The lowest BCUT2D eigenvalue weighted by molar-refractivity contribution is -0.272. The maximum Gasteiger partial charge on any atom is 0.417 e. The Morgan fingerprint density at radius 2 is 1.84 bits per heavy atom. The fraction of sp³-hybridized carbons (Fsp3) is 0.350. The molecular formula is C20H18F5N3O3. The Labute approximate surface area is 173 Å². The van der Waals surface area contributed by atoms with Crippen molar-refractivity contribution >= 4 is 17.5 Å². The summed E-state index contributed by atoms with van der Waals surface area (Å²) in [7, 11) is 0. The number of pyridine rings is 1. The van der Waals surface area contributed by atoms with Gasteiger partial charge in [-0.15, -0.1) is 0 Å². The number of nitrogens with zero attached hydrogens (tertiary/aromatic N) is 1. The van der Waals surface area contributed by atoms with E-state index in [2.05, 4.69) is 10.3 Å². The normalized spacial score (nSPS) is 26.0. The molecule has 1 saturated heterocycles. The molecule has 1 fully saturated rings. The number of primary amides is 1. The van der Waals surface area contributed by atoms with Crippen molar-refractivity contribution < 1.29 is 36.3 Å². The summed E-state index contributed by atoms with van der Waals surface area (Å²) in [6.07, 6.45) is -5.34. The number of aromatic nitrogens is 1. The molecule has 166 valence electrons. The van der Waals surface area contributed by atoms with E-state index < -0.39 is 53.2 Å². The molecule has 2 aromatic rings. The smallest absolute Gasteiger partial charge is 0.364 e. The molecule has 1 aliphatic heterocycles. The van der Waals surface area contributed by atoms with E-state index in [0.717, 1.165) is 31.2 Å². The van der Waals surface area contributed by atoms with E-state index in [1.54, 1.807) is 0 Å². The molecular weight excluding hydrogens is 425 g/mol. The monoisotopic (exact) mass is 443 g/mol. The van der Waals surface area contributed by atoms with Crippen LogP contribution in [0.15, 0.2) is 36.5 Å². The molecule has 11 heteroatoms. The maximum absolute atomic E-state index is 13.8. The number of hydrogen-bond acceptors (Lipinski definition) is 4. The standard InChI is InChI=1S/C20H18F5N3O3/c1-9-15(10-3-4-12(21)13(22)7-10)16(31-19(9,2)20(23,24)25)18(30)28-11-5-6-27-14(8-11)17(26)29/h3-9,15-16H,1-2H3,(H2,26,29)(H,27,28,30)/t9-,15+,16+,19-/m0/s1. The van der Waals surface area contributed by atoms with Crippen molar-refractivity contribution in [3.8, 4) is 0 Å². The van der Waals surface area contributed by atoms with Gasteiger partial charge >= 0.3 is 6.18 Å². The maximum atomic E-state index is 13.8. The second-order valence-electron chi connectivity index (χ2n) is 7.41. The van der Waals surface area contributed by atoms with E-state index >= 15 is 0 Å². The first-order chi connectivity index (χ1) is 14.3. The summed E-state index contributed by atoms with van der Waals surface area (Å²) in [5.74, 6) is -6.82. The van der Waals surface area contributed by atoms with Gasteiger partial charge < -0.3 is 15.8 Å². The van der Waals surface area contributed by atoms with Gasteiger partial charge in [-0.05, 0) is 36.8 Å². The molecule has 2 heterocycles. The Kier molecular flexibility index (Phi) is 5.74. The van der Waals surface area contributed by atoms with Crippen LogP contribution in [0.4, 0.5) is 27.6 Å². The average Bonchev–Trinajstić information content (AvgIpc) is 2.96. The van der Waals surface area contributed by atoms with Crippen LogP contribution in [0.1, 0.15) is 35.8 Å². The lowest BCUT2D eigenvalue weighted by Gasteiger charge is -2.31. The first-order valence-electron chi connectivity index (χ1n) is 9.11. The molecule has 0 unspecified atom stereocenters. The van der Waals surface area contributed by atoms with E-state index in [0.29, 0.717) is 0 Å². The van der Waals surface area contributed by atoms with E-state index in [1.807, 2.05) is 0 Å². The van der Waals surface area contributed by atoms with Crippen molar-refractivity contribution in [2.75, 3.05) is 5.32 Å². The molecule has 4 atom stereocenters. The third-order valence-electron chi connectivity index (χ3n) is 5.54. The zero-order valence-electron chi connectivity index (χ0n) is 16.3. The van der Waals surface area contributed by atoms with Gasteiger partial charge in [-0.25, -0.2) is 8.78 Å². The second kappa shape index (κ2) is 7.88. The highest BCUT2D eigenvalue weighted by atomic mass is 19.4. The van der Waals surface area contributed by atoms with Gasteiger partial charge in [-0.1, -0.05) is 13.0 Å². The molecule has 6 nitrogen and oxygen atoms in total. The van der Waals surface area contributed by atoms with Crippen molar-refractivity contribution in [3.05, 3.63) is 59.4 Å². The van der Waals surface area contributed by atoms with Gasteiger partial charge in [0, 0.05) is 23.7 Å². The number of ether oxygens (including phenoxy) is 1. The first kappa shape index (κ1) is 22.6. The number of carbonyl (C=O) groups excluding carboxylic acids is 2. The number of halogens is 5. The highest BCUT2D eigenvalue weighted by Gasteiger charge is 2.65. The topological polar surface area (TPSA) is 94.3 Å². The van der Waals surface area contributed by atoms with Crippen molar-refractivity contribution in [3.63, 3.8) is 0 Å². The Morgan fingerprint density at radius 1 is 1.16 bits per heavy atom. The first-order valence-corrected chi connectivity index (χ1v) is 9.11. The van der Waals surface area contributed by atoms with Crippen molar-refractivity contribution in [2.24, 2.45) is 11.7 Å². The van der Waals surface area contributed by atoms with E-state index in [4.69, 9.17) is 10.5 Å². The zero-order chi connectivity index (χ0) is 23.1. The van der Waals surface area contributed by atoms with Gasteiger partial charge in [0.25, 0.3) is 11.8 Å². The lowest BCUT2D eigenvalue weighted by Crippen LogP contribution is -2.47. The van der Waals surface area contributed by atoms with Crippen LogP contribution in [0.2, 0.25) is 0 Å². The van der Waals surface area contributed by atoms with Crippen LogP contribution in [0, 0.1) is 17.6 Å². The van der Waals surface area contributed by atoms with E-state index in [-0.39, 0.29) is 16.9 Å². The Hall–Kier alpha value is -3.08. The number of rotatable bonds is 4. The Morgan fingerprint density at radius 3 is 2.42 bits per heavy atom. The number of nitrogens with one attached hydrogen (secondary N) is 1. The highest BCUT2D eigenvalue weighted by molar-refractivity contribution is 5.97. The number of alkyl halides is 3. The van der Waals surface area contributed by atoms with Gasteiger partial charge in [-0.2, -0.15) is 13.2 Å². The molecule has 0 aliphatic carbocycles. The van der Waals surface area contributed by atoms with Crippen molar-refractivity contribution in [2.45, 2.75) is 37.6 Å². The van der Waals surface area contributed by atoms with Crippen LogP contribution in [0.5, 0.6) is 0 Å². The number of anilines is 1. The van der Waals surface area contributed by atoms with Crippen molar-refractivity contribution in [1.29, 1.82) is 0 Å². The summed E-state index contributed by atoms with van der Waals surface area (Å²) < 4.78 is 73.7. The van der Waals surface area contributed by atoms with Crippen molar-refractivity contribution in [1.82, 2.24) is 4.98 Å². The fourth-order valence-electron chi connectivity index (χ4n) is 3.63. The minimum atomic E-state index is -4.84. The second-order valence-corrected chi connectivity index (χ2v) is 7.41. The number of amides is 2. The third-order valence-corrected chi connectivity index (χ3v) is 5.54. The van der Waals surface area contributed by atoms with E-state index in [1.165, 1.54) is 19.2 Å². The van der Waals surface area contributed by atoms with Gasteiger partial charge in [0.05, 0.1) is 0 Å². The minimum Gasteiger partial charge on any atom is -0.364 e. The number of nitrogens with two attached hydrogens (primary N) is 1. The Bertz CT molecular complexity index is 1030. The predicted octanol–water partition coefficient (Wildman–Crippen LogP) is 3.54. The van der Waals surface area contributed by atoms with Crippen LogP contribution in [-0.2, 0) is 9.53 Å². The summed E-state index contributed by atoms with van der Waals surface area (Å²) >= 11 is 0. The average molecular weight is 443 g/mol. The molecule has 3 N–H and O–H groups in total. The molecule has 0 bridgehead atoms. The van der Waals surface area contributed by atoms with Gasteiger partial charge in [0.2, 0.25) is 0 Å². The molecule has 0 saturated carbocycles.